The molecule has 0 aliphatic heterocycles. The average molecular weight is 228 g/mol. The molecule has 1 rings (SSSR count). The van der Waals surface area contributed by atoms with Gasteiger partial charge in [0.2, 0.25) is 0 Å². The Bertz CT molecular complexity index is 250. The van der Waals surface area contributed by atoms with Gasteiger partial charge in [-0.15, -0.1) is 0 Å². The lowest BCUT2D eigenvalue weighted by Gasteiger charge is -2.08. The van der Waals surface area contributed by atoms with Gasteiger partial charge in [-0.2, -0.15) is 0 Å². The van der Waals surface area contributed by atoms with Gasteiger partial charge in [-0.05, 0) is 30.2 Å². The molecule has 0 spiro atoms. The highest BCUT2D eigenvalue weighted by Crippen LogP contribution is 2.20. The zero-order valence-electron chi connectivity index (χ0n) is 7.26. The van der Waals surface area contributed by atoms with E-state index in [9.17, 15) is 0 Å². The predicted molar refractivity (Wildman–Crippen MR) is 54.0 cm³/mol. The molecule has 65 valence electrons. The molecular weight excluding hydrogens is 216 g/mol. The van der Waals surface area contributed by atoms with Crippen LogP contribution in [0.4, 0.5) is 0 Å². The third-order valence-corrected chi connectivity index (χ3v) is 2.23. The molecule has 2 heteroatoms. The molecule has 0 saturated heterocycles. The van der Waals surface area contributed by atoms with Crippen molar-refractivity contribution >= 4 is 15.9 Å². The Morgan fingerprint density at radius 1 is 1.42 bits per heavy atom. The van der Waals surface area contributed by atoms with Crippen LogP contribution in [0, 0.1) is 12.8 Å². The fourth-order valence-corrected chi connectivity index (χ4v) is 1.68. The van der Waals surface area contributed by atoms with Crippen molar-refractivity contribution in [3.8, 4) is 0 Å². The van der Waals surface area contributed by atoms with Gasteiger partial charge in [0.25, 0.3) is 0 Å². The van der Waals surface area contributed by atoms with E-state index in [1.165, 1.54) is 5.56 Å². The third-order valence-electron chi connectivity index (χ3n) is 1.77. The maximum absolute atomic E-state index is 8.92. The molecule has 1 nitrogen and oxygen atoms in total. The number of rotatable bonds is 2. The Morgan fingerprint density at radius 2 is 2.08 bits per heavy atom. The fourth-order valence-electron chi connectivity index (χ4n) is 1.07. The lowest BCUT2D eigenvalue weighted by atomic mass is 10.0. The van der Waals surface area contributed by atoms with Crippen LogP contribution < -0.4 is 0 Å². The second-order valence-corrected chi connectivity index (χ2v) is 3.87. The normalized spacial score (nSPS) is 10.8. The highest BCUT2D eigenvalue weighted by molar-refractivity contribution is 9.10. The highest BCUT2D eigenvalue weighted by atomic mass is 79.9. The highest BCUT2D eigenvalue weighted by Gasteiger charge is 2.05. The van der Waals surface area contributed by atoms with Gasteiger partial charge in [-0.25, -0.2) is 0 Å². The summed E-state index contributed by atoms with van der Waals surface area (Å²) in [6, 6.07) is 6.13. The topological polar surface area (TPSA) is 20.2 Å². The van der Waals surface area contributed by atoms with Crippen LogP contribution in [-0.2, 0) is 0 Å². The van der Waals surface area contributed by atoms with Crippen LogP contribution in [0.5, 0.6) is 0 Å². The first kappa shape index (κ1) is 9.75. The summed E-state index contributed by atoms with van der Waals surface area (Å²) in [6.45, 7) is 4.09. The van der Waals surface area contributed by atoms with E-state index in [1.54, 1.807) is 0 Å². The summed E-state index contributed by atoms with van der Waals surface area (Å²) in [4.78, 5) is 0. The van der Waals surface area contributed by atoms with Gasteiger partial charge in [0.15, 0.2) is 0 Å². The second-order valence-electron chi connectivity index (χ2n) is 2.96. The maximum atomic E-state index is 8.92. The van der Waals surface area contributed by atoms with Crippen LogP contribution in [0.25, 0.3) is 0 Å². The van der Waals surface area contributed by atoms with Gasteiger partial charge in [0, 0.05) is 10.4 Å². The van der Waals surface area contributed by atoms with Crippen molar-refractivity contribution in [1.29, 1.82) is 0 Å². The summed E-state index contributed by atoms with van der Waals surface area (Å²) >= 11 is 3.42. The third kappa shape index (κ3) is 2.32. The lowest BCUT2D eigenvalue weighted by Crippen LogP contribution is -2.00. The Kier molecular flexibility index (Phi) is 3.29. The van der Waals surface area contributed by atoms with E-state index in [-0.39, 0.29) is 6.61 Å². The smallest absolute Gasteiger partial charge is 0.0534 e. The quantitative estimate of drug-likeness (QED) is 0.825. The molecule has 0 saturated carbocycles. The average Bonchev–Trinajstić information content (AvgIpc) is 2.01. The Labute approximate surface area is 81.6 Å². The van der Waals surface area contributed by atoms with E-state index in [4.69, 9.17) is 5.11 Å². The van der Waals surface area contributed by atoms with Crippen molar-refractivity contribution in [3.63, 3.8) is 0 Å². The predicted octanol–water partition coefficient (Wildman–Crippen LogP) is 2.69. The number of hydrogen-bond acceptors (Lipinski definition) is 1. The van der Waals surface area contributed by atoms with Gasteiger partial charge in [0.05, 0.1) is 6.61 Å². The van der Waals surface area contributed by atoms with Gasteiger partial charge in [-0.1, -0.05) is 28.9 Å². The first-order chi connectivity index (χ1) is 5.63. The maximum Gasteiger partial charge on any atom is 0.0534 e. The first-order valence-corrected chi connectivity index (χ1v) is 4.63. The van der Waals surface area contributed by atoms with Gasteiger partial charge in [0.1, 0.15) is 0 Å². The van der Waals surface area contributed by atoms with Gasteiger partial charge >= 0.3 is 0 Å². The Balaban J connectivity index is 3.00. The monoisotopic (exact) mass is 227 g/mol. The summed E-state index contributed by atoms with van der Waals surface area (Å²) in [5.74, 6) is 0.999. The summed E-state index contributed by atoms with van der Waals surface area (Å²) in [7, 11) is 0. The van der Waals surface area contributed by atoms with Crippen LogP contribution in [0.3, 0.4) is 0 Å². The summed E-state index contributed by atoms with van der Waals surface area (Å²) in [6.07, 6.45) is 0. The van der Waals surface area contributed by atoms with Gasteiger partial charge in [-0.3, -0.25) is 0 Å². The molecule has 0 aliphatic carbocycles. The van der Waals surface area contributed by atoms with Crippen molar-refractivity contribution in [2.75, 3.05) is 6.61 Å². The molecule has 1 aromatic carbocycles. The van der Waals surface area contributed by atoms with Crippen LogP contribution in [0.2, 0.25) is 0 Å². The Hall–Kier alpha value is -0.340. The second kappa shape index (κ2) is 4.06. The van der Waals surface area contributed by atoms with Crippen molar-refractivity contribution < 1.29 is 5.11 Å². The SMILES string of the molecule is C[C](CO)c1cc(C)cc(Br)c1. The number of hydrogen-bond donors (Lipinski definition) is 1. The molecule has 0 aliphatic rings. The molecule has 0 atom stereocenters. The molecular formula is C10H12BrO. The van der Waals surface area contributed by atoms with Crippen molar-refractivity contribution in [2.24, 2.45) is 0 Å². The molecule has 0 fully saturated rings. The van der Waals surface area contributed by atoms with Crippen molar-refractivity contribution in [1.82, 2.24) is 0 Å². The molecule has 1 aromatic rings. The molecule has 0 aromatic heterocycles. The fraction of sp³-hybridized carbons (Fsp3) is 0.300. The largest absolute Gasteiger partial charge is 0.395 e. The molecule has 0 amide bonds. The molecule has 1 radical (unpaired) electrons. The van der Waals surface area contributed by atoms with Crippen LogP contribution in [-0.4, -0.2) is 11.7 Å². The standard InChI is InChI=1S/C10H12BrO/c1-7-3-9(8(2)6-12)5-10(11)4-7/h3-5,12H,6H2,1-2H3. The number of halogens is 1. The van der Waals surface area contributed by atoms with Crippen LogP contribution in [0.15, 0.2) is 22.7 Å². The first-order valence-electron chi connectivity index (χ1n) is 3.84. The summed E-state index contributed by atoms with van der Waals surface area (Å²) in [5, 5.41) is 8.92. The van der Waals surface area contributed by atoms with E-state index in [0.717, 1.165) is 16.0 Å². The minimum atomic E-state index is 0.121. The van der Waals surface area contributed by atoms with Gasteiger partial charge < -0.3 is 5.11 Å². The lowest BCUT2D eigenvalue weighted by molar-refractivity contribution is 0.315. The number of aryl methyl sites for hydroxylation is 1. The summed E-state index contributed by atoms with van der Waals surface area (Å²) < 4.78 is 1.06. The molecule has 12 heavy (non-hydrogen) atoms. The minimum Gasteiger partial charge on any atom is -0.395 e. The zero-order chi connectivity index (χ0) is 9.14. The number of benzene rings is 1. The number of aliphatic hydroxyl groups is 1. The minimum absolute atomic E-state index is 0.121. The Morgan fingerprint density at radius 3 is 2.58 bits per heavy atom. The van der Waals surface area contributed by atoms with E-state index >= 15 is 0 Å². The number of aliphatic hydroxyl groups excluding tert-OH is 1. The summed E-state index contributed by atoms with van der Waals surface area (Å²) in [5.41, 5.74) is 2.30. The van der Waals surface area contributed by atoms with Crippen LogP contribution in [0.1, 0.15) is 18.1 Å². The van der Waals surface area contributed by atoms with E-state index in [1.807, 2.05) is 26.0 Å². The molecule has 0 heterocycles. The van der Waals surface area contributed by atoms with Crippen molar-refractivity contribution in [3.05, 3.63) is 39.7 Å². The van der Waals surface area contributed by atoms with E-state index < -0.39 is 0 Å². The molecule has 1 N–H and O–H groups in total. The van der Waals surface area contributed by atoms with E-state index in [2.05, 4.69) is 22.0 Å². The molecule has 0 unspecified atom stereocenters. The zero-order valence-corrected chi connectivity index (χ0v) is 8.85. The molecule has 0 bridgehead atoms. The van der Waals surface area contributed by atoms with E-state index in [0.29, 0.717) is 0 Å². The van der Waals surface area contributed by atoms with Crippen LogP contribution >= 0.6 is 15.9 Å². The van der Waals surface area contributed by atoms with Crippen molar-refractivity contribution in [2.45, 2.75) is 13.8 Å².